The van der Waals surface area contributed by atoms with Crippen LogP contribution in [0.1, 0.15) is 55.6 Å². The van der Waals surface area contributed by atoms with Gasteiger partial charge in [-0.2, -0.15) is 0 Å². The number of benzene rings is 9. The molecule has 0 aliphatic carbocycles. The van der Waals surface area contributed by atoms with Gasteiger partial charge in [0, 0.05) is 0 Å². The molecule has 0 aliphatic heterocycles. The smallest absolute Gasteiger partial charge is 0.00990 e. The normalized spacial score (nSPS) is 11.2. The largest absolute Gasteiger partial charge is 0.0622 e. The number of rotatable bonds is 11. The monoisotopic (exact) mass is 764 g/mol. The fraction of sp³-hybridized carbons (Fsp3) is 0. The van der Waals surface area contributed by atoms with Crippen molar-refractivity contribution in [3.05, 3.63) is 286 Å². The summed E-state index contributed by atoms with van der Waals surface area (Å²) in [5.74, 6) is 0. The van der Waals surface area contributed by atoms with Crippen molar-refractivity contribution in [1.29, 1.82) is 0 Å². The molecule has 0 fully saturated rings. The summed E-state index contributed by atoms with van der Waals surface area (Å²) in [6, 6.07) is 82.0. The van der Waals surface area contributed by atoms with Crippen LogP contribution in [0.5, 0.6) is 0 Å². The van der Waals surface area contributed by atoms with Crippen molar-refractivity contribution in [3.63, 3.8) is 0 Å². The Morgan fingerprint density at radius 1 is 0.283 bits per heavy atom. The second kappa shape index (κ2) is 18.2. The first-order chi connectivity index (χ1) is 29.7. The maximum atomic E-state index is 2.35. The lowest BCUT2D eigenvalue weighted by atomic mass is 9.90. The van der Waals surface area contributed by atoms with Crippen LogP contribution in [0.2, 0.25) is 0 Å². The minimum absolute atomic E-state index is 1.14. The first kappa shape index (κ1) is 37.8. The van der Waals surface area contributed by atoms with Crippen LogP contribution in [0.3, 0.4) is 0 Å². The molecule has 9 aromatic carbocycles. The quantitative estimate of drug-likeness (QED) is 0.115. The molecule has 0 unspecified atom stereocenters. The van der Waals surface area contributed by atoms with Crippen molar-refractivity contribution in [2.24, 2.45) is 0 Å². The molecule has 0 saturated carbocycles. The Kier molecular flexibility index (Phi) is 11.5. The van der Waals surface area contributed by atoms with Crippen molar-refractivity contribution < 1.29 is 0 Å². The highest BCUT2D eigenvalue weighted by Crippen LogP contribution is 2.36. The molecule has 0 heteroatoms. The van der Waals surface area contributed by atoms with Crippen LogP contribution < -0.4 is 0 Å². The highest BCUT2D eigenvalue weighted by atomic mass is 14.2. The predicted octanol–water partition coefficient (Wildman–Crippen LogP) is 16.0. The molecular formula is C60H44. The van der Waals surface area contributed by atoms with Crippen LogP contribution in [-0.4, -0.2) is 0 Å². The van der Waals surface area contributed by atoms with Gasteiger partial charge in [0.05, 0.1) is 0 Å². The Morgan fingerprint density at radius 3 is 1.07 bits per heavy atom. The van der Waals surface area contributed by atoms with Crippen molar-refractivity contribution >= 4 is 58.4 Å². The summed E-state index contributed by atoms with van der Waals surface area (Å²) >= 11 is 0. The zero-order valence-electron chi connectivity index (χ0n) is 33.4. The molecule has 284 valence electrons. The lowest BCUT2D eigenvalue weighted by molar-refractivity contribution is 1.55. The van der Waals surface area contributed by atoms with Gasteiger partial charge in [-0.3, -0.25) is 0 Å². The number of hydrogen-bond donors (Lipinski definition) is 0. The van der Waals surface area contributed by atoms with Crippen LogP contribution >= 0.6 is 0 Å². The van der Waals surface area contributed by atoms with Crippen LogP contribution in [0.15, 0.2) is 231 Å². The van der Waals surface area contributed by atoms with E-state index in [0.717, 1.165) is 27.8 Å². The third kappa shape index (κ3) is 8.85. The van der Waals surface area contributed by atoms with Gasteiger partial charge in [-0.15, -0.1) is 0 Å². The second-order valence-electron chi connectivity index (χ2n) is 14.9. The topological polar surface area (TPSA) is 0 Å². The highest BCUT2D eigenvalue weighted by molar-refractivity contribution is 6.05. The van der Waals surface area contributed by atoms with E-state index >= 15 is 0 Å². The Morgan fingerprint density at radius 2 is 0.633 bits per heavy atom. The van der Waals surface area contributed by atoms with Crippen LogP contribution in [0, 0.1) is 0 Å². The molecule has 0 atom stereocenters. The van der Waals surface area contributed by atoms with Gasteiger partial charge in [-0.1, -0.05) is 249 Å². The summed E-state index contributed by atoms with van der Waals surface area (Å²) in [6.45, 7) is 0. The van der Waals surface area contributed by atoms with E-state index < -0.39 is 0 Å². The van der Waals surface area contributed by atoms with Crippen LogP contribution in [-0.2, 0) is 0 Å². The van der Waals surface area contributed by atoms with Gasteiger partial charge >= 0.3 is 0 Å². The lowest BCUT2D eigenvalue weighted by Crippen LogP contribution is -1.90. The second-order valence-corrected chi connectivity index (χ2v) is 14.9. The van der Waals surface area contributed by atoms with Gasteiger partial charge in [-0.05, 0) is 107 Å². The molecule has 0 heterocycles. The summed E-state index contributed by atoms with van der Waals surface area (Å²) in [7, 11) is 0. The van der Waals surface area contributed by atoms with E-state index in [1.54, 1.807) is 0 Å². The van der Waals surface area contributed by atoms with Crippen LogP contribution in [0.25, 0.3) is 69.5 Å². The van der Waals surface area contributed by atoms with Gasteiger partial charge < -0.3 is 0 Å². The summed E-state index contributed by atoms with van der Waals surface area (Å²) in [4.78, 5) is 0. The molecule has 0 nitrogen and oxygen atoms in total. The van der Waals surface area contributed by atoms with Crippen molar-refractivity contribution in [2.75, 3.05) is 0 Å². The zero-order chi connectivity index (χ0) is 40.4. The average Bonchev–Trinajstić information content (AvgIpc) is 3.33. The van der Waals surface area contributed by atoms with Crippen LogP contribution in [0.4, 0.5) is 0 Å². The maximum absolute atomic E-state index is 2.35. The molecule has 0 radical (unpaired) electrons. The summed E-state index contributed by atoms with van der Waals surface area (Å²) < 4.78 is 0. The zero-order valence-corrected chi connectivity index (χ0v) is 33.4. The molecule has 0 spiro atoms. The van der Waals surface area contributed by atoms with E-state index in [1.807, 2.05) is 0 Å². The molecule has 0 N–H and O–H groups in total. The number of hydrogen-bond acceptors (Lipinski definition) is 0. The summed E-state index contributed by atoms with van der Waals surface area (Å²) in [5, 5.41) is 2.46. The fourth-order valence-corrected chi connectivity index (χ4v) is 7.84. The fourth-order valence-electron chi connectivity index (χ4n) is 7.84. The predicted molar refractivity (Wildman–Crippen MR) is 260 cm³/mol. The minimum Gasteiger partial charge on any atom is -0.0622 e. The minimum atomic E-state index is 1.14. The van der Waals surface area contributed by atoms with E-state index in [0.29, 0.717) is 0 Å². The molecule has 0 amide bonds. The van der Waals surface area contributed by atoms with Gasteiger partial charge in [-0.25, -0.2) is 0 Å². The first-order valence-corrected chi connectivity index (χ1v) is 20.6. The molecule has 0 aromatic heterocycles. The third-order valence-electron chi connectivity index (χ3n) is 10.9. The highest BCUT2D eigenvalue weighted by Gasteiger charge is 2.12. The van der Waals surface area contributed by atoms with Gasteiger partial charge in [0.15, 0.2) is 0 Å². The Hall–Kier alpha value is -7.80. The molecule has 9 rings (SSSR count). The Labute approximate surface area is 354 Å². The van der Waals surface area contributed by atoms with E-state index in [1.165, 1.54) is 60.9 Å². The van der Waals surface area contributed by atoms with Gasteiger partial charge in [0.25, 0.3) is 0 Å². The first-order valence-electron chi connectivity index (χ1n) is 20.6. The van der Waals surface area contributed by atoms with E-state index in [2.05, 4.69) is 267 Å². The molecule has 0 aliphatic rings. The standard InChI is InChI=1S/C60H44/c1-6-18-49(19-7-1)58(50-20-8-2-9-21-50)42-47-34-30-45(31-35-47)38-40-54-44-60(53-26-14-5-15-27-53)57-29-17-16-28-56(57)55(54)41-39-46-32-36-48(37-33-46)43-59(51-22-10-3-11-23-51)52-24-12-4-13-25-52/h1-44H. The SMILES string of the molecule is C(=Cc1cc(-c2ccccc2)c2ccccc2c1C=Cc1ccc(C=C(c2ccccc2)c2ccccc2)cc1)c1ccc(C=C(c2ccccc2)c2ccccc2)cc1. The van der Waals surface area contributed by atoms with Crippen molar-refractivity contribution in [2.45, 2.75) is 0 Å². The van der Waals surface area contributed by atoms with E-state index in [-0.39, 0.29) is 0 Å². The van der Waals surface area contributed by atoms with Gasteiger partial charge in [0.2, 0.25) is 0 Å². The molecule has 60 heavy (non-hydrogen) atoms. The van der Waals surface area contributed by atoms with E-state index in [9.17, 15) is 0 Å². The van der Waals surface area contributed by atoms with Crippen molar-refractivity contribution in [1.82, 2.24) is 0 Å². The number of fused-ring (bicyclic) bond motifs is 1. The summed E-state index contributed by atoms with van der Waals surface area (Å²) in [5.41, 5.74) is 16.6. The van der Waals surface area contributed by atoms with E-state index in [4.69, 9.17) is 0 Å². The Balaban J connectivity index is 1.06. The summed E-state index contributed by atoms with van der Waals surface area (Å²) in [6.07, 6.45) is 13.6. The Bertz CT molecular complexity index is 2850. The molecule has 0 saturated heterocycles. The van der Waals surface area contributed by atoms with Crippen molar-refractivity contribution in [3.8, 4) is 11.1 Å². The van der Waals surface area contributed by atoms with Gasteiger partial charge in [0.1, 0.15) is 0 Å². The third-order valence-corrected chi connectivity index (χ3v) is 10.9. The average molecular weight is 765 g/mol. The lowest BCUT2D eigenvalue weighted by Gasteiger charge is -2.14. The molecular weight excluding hydrogens is 721 g/mol. The molecule has 9 aromatic rings. The maximum Gasteiger partial charge on any atom is -0.00990 e. The molecule has 0 bridgehead atoms.